The van der Waals surface area contributed by atoms with Crippen molar-refractivity contribution in [2.24, 2.45) is 0 Å². The van der Waals surface area contributed by atoms with E-state index in [1.165, 1.54) is 6.20 Å². The van der Waals surface area contributed by atoms with Gasteiger partial charge in [-0.3, -0.25) is 9.48 Å². The molecule has 2 aromatic rings. The number of aromatic nitrogens is 3. The van der Waals surface area contributed by atoms with Gasteiger partial charge < -0.3 is 15.0 Å². The number of piperidine rings is 1. The van der Waals surface area contributed by atoms with Gasteiger partial charge in [0.25, 0.3) is 5.91 Å². The Kier molecular flexibility index (Phi) is 4.64. The van der Waals surface area contributed by atoms with Crippen molar-refractivity contribution in [3.05, 3.63) is 29.6 Å². The zero-order chi connectivity index (χ0) is 20.0. The summed E-state index contributed by atoms with van der Waals surface area (Å²) in [6.45, 7) is 3.61. The minimum atomic E-state index is -3.64. The summed E-state index contributed by atoms with van der Waals surface area (Å²) in [5, 5.41) is 8.16. The zero-order valence-corrected chi connectivity index (χ0v) is 16.8. The fourth-order valence-electron chi connectivity index (χ4n) is 4.36. The topological polar surface area (TPSA) is 106 Å². The Morgan fingerprint density at radius 1 is 1.28 bits per heavy atom. The van der Waals surface area contributed by atoms with Gasteiger partial charge in [0.15, 0.2) is 10.7 Å². The second kappa shape index (κ2) is 7.19. The van der Waals surface area contributed by atoms with E-state index in [0.717, 1.165) is 25.9 Å². The molecule has 0 aliphatic carbocycles. The molecule has 0 spiro atoms. The first kappa shape index (κ1) is 18.7. The number of carbonyl (C=O) groups is 1. The molecule has 29 heavy (non-hydrogen) atoms. The van der Waals surface area contributed by atoms with Crippen LogP contribution in [0, 0.1) is 0 Å². The van der Waals surface area contributed by atoms with Crippen molar-refractivity contribution in [1.29, 1.82) is 0 Å². The molecule has 3 aliphatic heterocycles. The first-order valence-corrected chi connectivity index (χ1v) is 11.6. The number of amides is 1. The molecule has 5 heterocycles. The zero-order valence-electron chi connectivity index (χ0n) is 16.0. The van der Waals surface area contributed by atoms with Crippen molar-refractivity contribution in [2.75, 3.05) is 39.4 Å². The van der Waals surface area contributed by atoms with Crippen molar-refractivity contribution >= 4 is 15.7 Å². The van der Waals surface area contributed by atoms with E-state index in [1.807, 2.05) is 4.68 Å². The average Bonchev–Trinajstić information content (AvgIpc) is 3.13. The van der Waals surface area contributed by atoms with Gasteiger partial charge in [-0.05, 0) is 31.5 Å². The first-order valence-electron chi connectivity index (χ1n) is 9.93. The van der Waals surface area contributed by atoms with Crippen LogP contribution in [0.3, 0.4) is 0 Å². The molecular formula is C19H23N5O4S. The number of morpholine rings is 1. The predicted molar refractivity (Wildman–Crippen MR) is 104 cm³/mol. The summed E-state index contributed by atoms with van der Waals surface area (Å²) in [5.74, 6) is -0.479. The number of sulfone groups is 1. The van der Waals surface area contributed by atoms with Crippen LogP contribution in [0.2, 0.25) is 0 Å². The van der Waals surface area contributed by atoms with Crippen molar-refractivity contribution in [2.45, 2.75) is 29.7 Å². The lowest BCUT2D eigenvalue weighted by atomic mass is 10.0. The number of fused-ring (bicyclic) bond motifs is 3. The summed E-state index contributed by atoms with van der Waals surface area (Å²) in [5.41, 5.74) is 1.99. The van der Waals surface area contributed by atoms with Crippen LogP contribution in [0.15, 0.2) is 23.4 Å². The normalized spacial score (nSPS) is 23.3. The molecule has 2 aromatic heterocycles. The van der Waals surface area contributed by atoms with Crippen LogP contribution in [0.5, 0.6) is 0 Å². The third-order valence-corrected chi connectivity index (χ3v) is 7.36. The molecule has 10 heteroatoms. The number of rotatable bonds is 2. The fourth-order valence-corrected chi connectivity index (χ4v) is 5.87. The summed E-state index contributed by atoms with van der Waals surface area (Å²) in [7, 11) is -3.64. The highest BCUT2D eigenvalue weighted by molar-refractivity contribution is 7.90. The summed E-state index contributed by atoms with van der Waals surface area (Å²) in [6, 6.07) is 3.55. The van der Waals surface area contributed by atoms with Gasteiger partial charge in [0.05, 0.1) is 30.7 Å². The Bertz CT molecular complexity index is 1050. The fraction of sp³-hybridized carbons (Fsp3) is 0.526. The molecular weight excluding hydrogens is 394 g/mol. The number of pyridine rings is 1. The summed E-state index contributed by atoms with van der Waals surface area (Å²) in [6.07, 6.45) is 3.42. The number of ether oxygens (including phenoxy) is 1. The highest BCUT2D eigenvalue weighted by Crippen LogP contribution is 2.40. The van der Waals surface area contributed by atoms with E-state index < -0.39 is 9.84 Å². The van der Waals surface area contributed by atoms with Gasteiger partial charge in [-0.15, -0.1) is 0 Å². The predicted octanol–water partition coefficient (Wildman–Crippen LogP) is 0.629. The van der Waals surface area contributed by atoms with Gasteiger partial charge in [-0.2, -0.15) is 5.10 Å². The molecule has 1 N–H and O–H groups in total. The maximum Gasteiger partial charge on any atom is 0.274 e. The maximum atomic E-state index is 13.3. The molecule has 3 aliphatic rings. The van der Waals surface area contributed by atoms with Gasteiger partial charge in [-0.25, -0.2) is 13.4 Å². The van der Waals surface area contributed by atoms with E-state index in [-0.39, 0.29) is 28.4 Å². The molecule has 1 atom stereocenters. The highest BCUT2D eigenvalue weighted by Gasteiger charge is 2.39. The molecule has 2 fully saturated rings. The third-order valence-electron chi connectivity index (χ3n) is 5.78. The van der Waals surface area contributed by atoms with Crippen LogP contribution < -0.4 is 5.32 Å². The molecule has 9 nitrogen and oxygen atoms in total. The van der Waals surface area contributed by atoms with Gasteiger partial charge >= 0.3 is 0 Å². The summed E-state index contributed by atoms with van der Waals surface area (Å²) < 4.78 is 33.0. The number of nitrogens with zero attached hydrogens (tertiary/aromatic N) is 4. The van der Waals surface area contributed by atoms with Gasteiger partial charge in [0.2, 0.25) is 9.84 Å². The largest absolute Gasteiger partial charge is 0.378 e. The standard InChI is InChI=1S/C19H23N5O4S/c25-19(23-7-9-28-10-8-23)16-15-12-29(26,27)18-14(4-2-6-21-18)17(15)24(22-16)13-3-1-5-20-11-13/h2,4,6,13,20H,1,3,5,7-12H2. The van der Waals surface area contributed by atoms with Crippen LogP contribution in [0.25, 0.3) is 11.3 Å². The van der Waals surface area contributed by atoms with Crippen LogP contribution in [-0.4, -0.2) is 73.4 Å². The first-order chi connectivity index (χ1) is 14.1. The van der Waals surface area contributed by atoms with Crippen molar-refractivity contribution < 1.29 is 17.9 Å². The van der Waals surface area contributed by atoms with Crippen LogP contribution in [0.4, 0.5) is 0 Å². The van der Waals surface area contributed by atoms with Crippen LogP contribution in [-0.2, 0) is 20.3 Å². The monoisotopic (exact) mass is 417 g/mol. The van der Waals surface area contributed by atoms with E-state index in [1.54, 1.807) is 17.0 Å². The third kappa shape index (κ3) is 3.15. The second-order valence-corrected chi connectivity index (χ2v) is 9.55. The van der Waals surface area contributed by atoms with Crippen molar-refractivity contribution in [1.82, 2.24) is 25.0 Å². The Labute approximate surface area is 169 Å². The summed E-state index contributed by atoms with van der Waals surface area (Å²) >= 11 is 0. The summed E-state index contributed by atoms with van der Waals surface area (Å²) in [4.78, 5) is 19.1. The molecule has 0 bridgehead atoms. The van der Waals surface area contributed by atoms with Gasteiger partial charge in [0, 0.05) is 37.0 Å². The molecule has 1 amide bonds. The van der Waals surface area contributed by atoms with E-state index in [0.29, 0.717) is 43.1 Å². The lowest BCUT2D eigenvalue weighted by Gasteiger charge is -2.26. The smallest absolute Gasteiger partial charge is 0.274 e. The molecule has 0 radical (unpaired) electrons. The molecule has 5 rings (SSSR count). The second-order valence-electron chi connectivity index (χ2n) is 7.64. The lowest BCUT2D eigenvalue weighted by molar-refractivity contribution is 0.0297. The minimum Gasteiger partial charge on any atom is -0.378 e. The van der Waals surface area contributed by atoms with Crippen molar-refractivity contribution in [3.63, 3.8) is 0 Å². The SMILES string of the molecule is O=C(c1nn(C2CCCNC2)c2c1CS(=O)(=O)c1ncccc1-2)N1CCOCC1. The highest BCUT2D eigenvalue weighted by atomic mass is 32.2. The Balaban J connectivity index is 1.68. The molecule has 154 valence electrons. The molecule has 0 saturated carbocycles. The number of hydrogen-bond acceptors (Lipinski definition) is 7. The van der Waals surface area contributed by atoms with Gasteiger partial charge in [-0.1, -0.05) is 0 Å². The van der Waals surface area contributed by atoms with Crippen LogP contribution in [0.1, 0.15) is 34.9 Å². The lowest BCUT2D eigenvalue weighted by Crippen LogP contribution is -2.41. The van der Waals surface area contributed by atoms with Crippen molar-refractivity contribution in [3.8, 4) is 11.3 Å². The van der Waals surface area contributed by atoms with E-state index in [4.69, 9.17) is 9.84 Å². The average molecular weight is 417 g/mol. The van der Waals surface area contributed by atoms with E-state index >= 15 is 0 Å². The van der Waals surface area contributed by atoms with E-state index in [9.17, 15) is 13.2 Å². The number of nitrogens with one attached hydrogen (secondary N) is 1. The van der Waals surface area contributed by atoms with Gasteiger partial charge in [0.1, 0.15) is 0 Å². The number of carbonyl (C=O) groups excluding carboxylic acids is 1. The van der Waals surface area contributed by atoms with E-state index in [2.05, 4.69) is 10.3 Å². The maximum absolute atomic E-state index is 13.3. The minimum absolute atomic E-state index is 0.0672. The molecule has 2 saturated heterocycles. The quantitative estimate of drug-likeness (QED) is 0.764. The Morgan fingerprint density at radius 3 is 2.86 bits per heavy atom. The Morgan fingerprint density at radius 2 is 2.10 bits per heavy atom. The molecule has 1 unspecified atom stereocenters. The molecule has 0 aromatic carbocycles. The number of hydrogen-bond donors (Lipinski definition) is 1. The van der Waals surface area contributed by atoms with Crippen LogP contribution >= 0.6 is 0 Å². The Hall–Kier alpha value is -2.30.